The molecule has 2 aromatic carbocycles. The number of aliphatic hydroxyl groups is 1. The lowest BCUT2D eigenvalue weighted by atomic mass is 9.65. The third kappa shape index (κ3) is 4.38. The van der Waals surface area contributed by atoms with E-state index in [-0.39, 0.29) is 37.5 Å². The fourth-order valence-electron chi connectivity index (χ4n) is 7.64. The van der Waals surface area contributed by atoms with E-state index in [0.717, 1.165) is 10.8 Å². The van der Waals surface area contributed by atoms with Crippen molar-refractivity contribution in [1.82, 2.24) is 4.90 Å². The van der Waals surface area contributed by atoms with Crippen molar-refractivity contribution < 1.29 is 29.0 Å². The molecule has 0 aromatic heterocycles. The molecule has 0 saturated carbocycles. The van der Waals surface area contributed by atoms with Crippen molar-refractivity contribution >= 4 is 34.2 Å². The van der Waals surface area contributed by atoms with E-state index in [1.165, 1.54) is 0 Å². The van der Waals surface area contributed by atoms with Gasteiger partial charge in [-0.15, -0.1) is 6.58 Å². The zero-order valence-electron chi connectivity index (χ0n) is 24.5. The number of amides is 2. The van der Waals surface area contributed by atoms with Gasteiger partial charge in [0.1, 0.15) is 17.6 Å². The molecule has 1 N–H and O–H groups in total. The Labute approximate surface area is 242 Å². The molecule has 1 spiro atoms. The maximum Gasteiger partial charge on any atom is 0.312 e. The number of carbonyl (C=O) groups excluding carboxylic acids is 3. The van der Waals surface area contributed by atoms with Gasteiger partial charge in [-0.05, 0) is 55.0 Å². The highest BCUT2D eigenvalue weighted by molar-refractivity contribution is 6.05. The van der Waals surface area contributed by atoms with Gasteiger partial charge in [-0.2, -0.15) is 0 Å². The minimum atomic E-state index is -1.20. The van der Waals surface area contributed by atoms with Crippen molar-refractivity contribution in [2.45, 2.75) is 76.7 Å². The molecule has 2 unspecified atom stereocenters. The molecule has 2 bridgehead atoms. The molecule has 2 amide bonds. The van der Waals surface area contributed by atoms with E-state index in [1.54, 1.807) is 22.8 Å². The normalized spacial score (nSPS) is 29.8. The van der Waals surface area contributed by atoms with Crippen LogP contribution in [-0.2, 0) is 23.9 Å². The predicted molar refractivity (Wildman–Crippen MR) is 157 cm³/mol. The molecule has 2 aromatic rings. The van der Waals surface area contributed by atoms with Crippen LogP contribution in [-0.4, -0.2) is 70.8 Å². The summed E-state index contributed by atoms with van der Waals surface area (Å²) in [5.74, 6) is -2.81. The van der Waals surface area contributed by atoms with Gasteiger partial charge in [-0.3, -0.25) is 14.4 Å². The number of esters is 1. The molecule has 7 atom stereocenters. The van der Waals surface area contributed by atoms with Crippen LogP contribution in [0.2, 0.25) is 0 Å². The first-order valence-electron chi connectivity index (χ1n) is 14.9. The number of benzene rings is 2. The van der Waals surface area contributed by atoms with Crippen LogP contribution in [0.5, 0.6) is 0 Å². The zero-order chi connectivity index (χ0) is 29.5. The maximum absolute atomic E-state index is 14.9. The van der Waals surface area contributed by atoms with E-state index in [2.05, 4.69) is 6.58 Å². The summed E-state index contributed by atoms with van der Waals surface area (Å²) in [6, 6.07) is 12.2. The van der Waals surface area contributed by atoms with Crippen LogP contribution in [0, 0.1) is 17.8 Å². The summed E-state index contributed by atoms with van der Waals surface area (Å²) in [4.78, 5) is 46.1. The van der Waals surface area contributed by atoms with Crippen molar-refractivity contribution in [3.63, 3.8) is 0 Å². The van der Waals surface area contributed by atoms with Crippen LogP contribution in [0.25, 0.3) is 10.8 Å². The number of carbonyl (C=O) groups is 3. The van der Waals surface area contributed by atoms with Crippen molar-refractivity contribution in [2.75, 3.05) is 24.7 Å². The minimum Gasteiger partial charge on any atom is -0.466 e. The monoisotopic (exact) mass is 562 g/mol. The Bertz CT molecular complexity index is 1340. The van der Waals surface area contributed by atoms with Gasteiger partial charge in [0.05, 0.1) is 30.8 Å². The number of fused-ring (bicyclic) bond motifs is 2. The number of aliphatic hydroxyl groups excluding tert-OH is 1. The summed E-state index contributed by atoms with van der Waals surface area (Å²) in [5, 5.41) is 12.6. The number of nitrogens with zero attached hydrogens (tertiary/aromatic N) is 2. The number of hydrogen-bond acceptors (Lipinski definition) is 6. The summed E-state index contributed by atoms with van der Waals surface area (Å²) in [6.07, 6.45) is 3.93. The van der Waals surface area contributed by atoms with E-state index in [9.17, 15) is 19.5 Å². The van der Waals surface area contributed by atoms with Gasteiger partial charge >= 0.3 is 5.97 Å². The predicted octanol–water partition coefficient (Wildman–Crippen LogP) is 4.48. The minimum absolute atomic E-state index is 0.0821. The Morgan fingerprint density at radius 1 is 1.20 bits per heavy atom. The molecule has 3 saturated heterocycles. The van der Waals surface area contributed by atoms with Crippen LogP contribution in [0.15, 0.2) is 55.1 Å². The number of rotatable bonds is 11. The van der Waals surface area contributed by atoms with Crippen LogP contribution >= 0.6 is 0 Å². The van der Waals surface area contributed by atoms with Gasteiger partial charge in [-0.1, -0.05) is 63.6 Å². The third-order valence-electron chi connectivity index (χ3n) is 9.86. The Balaban J connectivity index is 1.66. The molecule has 220 valence electrons. The van der Waals surface area contributed by atoms with E-state index in [4.69, 9.17) is 9.47 Å². The van der Waals surface area contributed by atoms with Gasteiger partial charge in [0.25, 0.3) is 5.91 Å². The summed E-state index contributed by atoms with van der Waals surface area (Å²) in [5.41, 5.74) is -1.38. The van der Waals surface area contributed by atoms with Gasteiger partial charge in [0.15, 0.2) is 0 Å². The highest BCUT2D eigenvalue weighted by atomic mass is 16.6. The molecule has 3 aliphatic heterocycles. The second-order valence-corrected chi connectivity index (χ2v) is 11.7. The van der Waals surface area contributed by atoms with Gasteiger partial charge in [0, 0.05) is 12.2 Å². The fraction of sp³-hybridized carbons (Fsp3) is 0.545. The average molecular weight is 563 g/mol. The largest absolute Gasteiger partial charge is 0.466 e. The highest BCUT2D eigenvalue weighted by Gasteiger charge is 2.79. The van der Waals surface area contributed by atoms with E-state index in [0.29, 0.717) is 31.4 Å². The van der Waals surface area contributed by atoms with Crippen molar-refractivity contribution in [2.24, 2.45) is 17.8 Å². The molecule has 3 heterocycles. The lowest BCUT2D eigenvalue weighted by molar-refractivity contribution is -0.162. The first-order valence-corrected chi connectivity index (χ1v) is 14.9. The van der Waals surface area contributed by atoms with Crippen LogP contribution in [0.3, 0.4) is 0 Å². The van der Waals surface area contributed by atoms with E-state index >= 15 is 0 Å². The topological polar surface area (TPSA) is 96.4 Å². The molecule has 8 heteroatoms. The molecule has 0 radical (unpaired) electrons. The smallest absolute Gasteiger partial charge is 0.312 e. The van der Waals surface area contributed by atoms with Gasteiger partial charge < -0.3 is 24.4 Å². The Morgan fingerprint density at radius 3 is 2.56 bits per heavy atom. The quantitative estimate of drug-likeness (QED) is 0.320. The Hall–Kier alpha value is -3.23. The summed E-state index contributed by atoms with van der Waals surface area (Å²) in [6.45, 7) is 11.7. The Morgan fingerprint density at radius 2 is 1.93 bits per heavy atom. The highest BCUT2D eigenvalue weighted by Crippen LogP contribution is 2.65. The first kappa shape index (κ1) is 29.3. The van der Waals surface area contributed by atoms with Crippen molar-refractivity contribution in [1.29, 1.82) is 0 Å². The third-order valence-corrected chi connectivity index (χ3v) is 9.86. The maximum atomic E-state index is 14.9. The number of anilines is 1. The van der Waals surface area contributed by atoms with E-state index in [1.807, 2.05) is 63.2 Å². The SMILES string of the molecule is C=CCN(C(=O)C1N([C@@H](CO)[C@@H](C)CC)C(=O)[C@@H]2[C@@H](C(=O)OCC)[C@@]3(CC)CCC12O3)c1ccc2ccccc2c1. The van der Waals surface area contributed by atoms with Crippen molar-refractivity contribution in [3.05, 3.63) is 55.1 Å². The zero-order valence-corrected chi connectivity index (χ0v) is 24.5. The molecule has 3 fully saturated rings. The van der Waals surface area contributed by atoms with Crippen LogP contribution < -0.4 is 4.90 Å². The first-order chi connectivity index (χ1) is 19.7. The second-order valence-electron chi connectivity index (χ2n) is 11.7. The Kier molecular flexibility index (Phi) is 8.01. The van der Waals surface area contributed by atoms with E-state index < -0.39 is 41.1 Å². The summed E-state index contributed by atoms with van der Waals surface area (Å²) >= 11 is 0. The molecular weight excluding hydrogens is 520 g/mol. The molecule has 8 nitrogen and oxygen atoms in total. The molecule has 5 rings (SSSR count). The summed E-state index contributed by atoms with van der Waals surface area (Å²) in [7, 11) is 0. The molecule has 41 heavy (non-hydrogen) atoms. The second kappa shape index (κ2) is 11.2. The average Bonchev–Trinajstić information content (AvgIpc) is 3.59. The standard InChI is InChI=1S/C33H42N2O6/c1-6-18-34(24-15-14-22-12-10-11-13-23(22)19-24)30(38)28-33-17-16-32(8-3,41-33)27(31(39)40-9-4)26(33)29(37)35(28)25(20-36)21(5)7-2/h6,10-15,19,21,25-28,36H,1,7-9,16-18,20H2,2-5H3/t21-,25-,26-,27-,28?,32+,33?/m0/s1. The lowest BCUT2D eigenvalue weighted by Crippen LogP contribution is -2.60. The summed E-state index contributed by atoms with van der Waals surface area (Å²) < 4.78 is 12.4. The van der Waals surface area contributed by atoms with Gasteiger partial charge in [0.2, 0.25) is 5.91 Å². The fourth-order valence-corrected chi connectivity index (χ4v) is 7.64. The van der Waals surface area contributed by atoms with Crippen molar-refractivity contribution in [3.8, 4) is 0 Å². The number of ether oxygens (including phenoxy) is 2. The molecule has 0 aliphatic carbocycles. The number of likely N-dealkylation sites (tertiary alicyclic amines) is 1. The van der Waals surface area contributed by atoms with Crippen LogP contribution in [0.1, 0.15) is 53.4 Å². The molecule has 3 aliphatic rings. The van der Waals surface area contributed by atoms with Gasteiger partial charge in [-0.25, -0.2) is 0 Å². The van der Waals surface area contributed by atoms with Crippen LogP contribution in [0.4, 0.5) is 5.69 Å². The number of hydrogen-bond donors (Lipinski definition) is 1. The lowest BCUT2D eigenvalue weighted by Gasteiger charge is -2.41. The molecular formula is C33H42N2O6.